The van der Waals surface area contributed by atoms with Crippen LogP contribution in [0.5, 0.6) is 0 Å². The van der Waals surface area contributed by atoms with E-state index in [0.29, 0.717) is 6.10 Å². The van der Waals surface area contributed by atoms with E-state index in [1.54, 1.807) is 23.1 Å². The molecule has 2 aliphatic rings. The molecule has 0 aliphatic carbocycles. The predicted molar refractivity (Wildman–Crippen MR) is 114 cm³/mol. The number of thioether (sulfide) groups is 1. The normalized spacial score (nSPS) is 20.6. The lowest BCUT2D eigenvalue weighted by atomic mass is 10.1. The third-order valence-electron chi connectivity index (χ3n) is 5.30. The summed E-state index contributed by atoms with van der Waals surface area (Å²) in [5.74, 6) is 0.943. The van der Waals surface area contributed by atoms with Crippen molar-refractivity contribution in [3.8, 4) is 0 Å². The van der Waals surface area contributed by atoms with Gasteiger partial charge in [-0.15, -0.1) is 23.1 Å². The Balaban J connectivity index is 1.34. The lowest BCUT2D eigenvalue weighted by Gasteiger charge is -2.36. The Morgan fingerprint density at radius 3 is 2.82 bits per heavy atom. The first-order valence-corrected chi connectivity index (χ1v) is 11.8. The van der Waals surface area contributed by atoms with Crippen LogP contribution < -0.4 is 0 Å². The van der Waals surface area contributed by atoms with Gasteiger partial charge in [-0.25, -0.2) is 4.98 Å². The standard InChI is InChI=1S/C21H27N3O2S2/c1-16-22-17(14-27-16)15-28-20-7-3-2-6-19(20)21(25)24-10-8-23(9-11-24)13-18-5-4-12-26-18/h2-3,6-7,14,18H,4-5,8-13,15H2,1H3. The molecule has 150 valence electrons. The fourth-order valence-electron chi connectivity index (χ4n) is 3.78. The van der Waals surface area contributed by atoms with Gasteiger partial charge in [-0.1, -0.05) is 12.1 Å². The molecule has 1 atom stereocenters. The van der Waals surface area contributed by atoms with Crippen LogP contribution in [0.2, 0.25) is 0 Å². The highest BCUT2D eigenvalue weighted by Crippen LogP contribution is 2.28. The minimum Gasteiger partial charge on any atom is -0.377 e. The van der Waals surface area contributed by atoms with E-state index in [1.165, 1.54) is 12.8 Å². The molecule has 2 saturated heterocycles. The predicted octanol–water partition coefficient (Wildman–Crippen LogP) is 3.68. The number of rotatable bonds is 6. The number of piperazine rings is 1. The first-order valence-electron chi connectivity index (χ1n) is 9.95. The molecule has 0 bridgehead atoms. The number of aryl methyl sites for hydroxylation is 1. The molecule has 1 aromatic heterocycles. The second kappa shape index (κ2) is 9.39. The van der Waals surface area contributed by atoms with Crippen LogP contribution in [-0.2, 0) is 10.5 Å². The minimum atomic E-state index is 0.148. The average molecular weight is 418 g/mol. The SMILES string of the molecule is Cc1nc(CSc2ccccc2C(=O)N2CCN(CC3CCCO3)CC2)cs1. The highest BCUT2D eigenvalue weighted by Gasteiger charge is 2.26. The molecule has 2 fully saturated rings. The average Bonchev–Trinajstić information content (AvgIpc) is 3.38. The zero-order valence-corrected chi connectivity index (χ0v) is 17.9. The lowest BCUT2D eigenvalue weighted by molar-refractivity contribution is 0.0431. The monoisotopic (exact) mass is 417 g/mol. The van der Waals surface area contributed by atoms with E-state index in [-0.39, 0.29) is 5.91 Å². The summed E-state index contributed by atoms with van der Waals surface area (Å²) >= 11 is 3.37. The molecule has 5 nitrogen and oxygen atoms in total. The third-order valence-corrected chi connectivity index (χ3v) is 7.23. The number of thiazole rings is 1. The second-order valence-electron chi connectivity index (χ2n) is 7.37. The quantitative estimate of drug-likeness (QED) is 0.671. The molecule has 2 aromatic rings. The molecule has 2 aliphatic heterocycles. The van der Waals surface area contributed by atoms with Crippen molar-refractivity contribution < 1.29 is 9.53 Å². The maximum absolute atomic E-state index is 13.1. The van der Waals surface area contributed by atoms with Crippen LogP contribution in [0.3, 0.4) is 0 Å². The number of hydrogen-bond donors (Lipinski definition) is 0. The molecule has 0 saturated carbocycles. The van der Waals surface area contributed by atoms with Crippen molar-refractivity contribution in [2.24, 2.45) is 0 Å². The fourth-order valence-corrected chi connectivity index (χ4v) is 5.43. The van der Waals surface area contributed by atoms with Crippen LogP contribution in [0.25, 0.3) is 0 Å². The topological polar surface area (TPSA) is 45.7 Å². The Bertz CT molecular complexity index is 796. The maximum Gasteiger partial charge on any atom is 0.255 e. The Labute approximate surface area is 175 Å². The van der Waals surface area contributed by atoms with Gasteiger partial charge in [0.1, 0.15) is 0 Å². The lowest BCUT2D eigenvalue weighted by Crippen LogP contribution is -2.50. The van der Waals surface area contributed by atoms with Gasteiger partial charge in [0.2, 0.25) is 0 Å². The summed E-state index contributed by atoms with van der Waals surface area (Å²) in [5, 5.41) is 3.18. The molecule has 1 aromatic carbocycles. The van der Waals surface area contributed by atoms with Gasteiger partial charge in [-0.2, -0.15) is 0 Å². The van der Waals surface area contributed by atoms with Gasteiger partial charge >= 0.3 is 0 Å². The van der Waals surface area contributed by atoms with E-state index < -0.39 is 0 Å². The minimum absolute atomic E-state index is 0.148. The molecular weight excluding hydrogens is 390 g/mol. The summed E-state index contributed by atoms with van der Waals surface area (Å²) in [6.45, 7) is 7.36. The molecule has 0 N–H and O–H groups in total. The highest BCUT2D eigenvalue weighted by atomic mass is 32.2. The first kappa shape index (κ1) is 19.9. The number of amides is 1. The van der Waals surface area contributed by atoms with Crippen LogP contribution in [0.15, 0.2) is 34.5 Å². The van der Waals surface area contributed by atoms with E-state index in [0.717, 1.165) is 66.2 Å². The van der Waals surface area contributed by atoms with Crippen LogP contribution in [-0.4, -0.2) is 66.1 Å². The molecule has 3 heterocycles. The van der Waals surface area contributed by atoms with Crippen LogP contribution in [0, 0.1) is 6.92 Å². The summed E-state index contributed by atoms with van der Waals surface area (Å²) in [6, 6.07) is 7.96. The zero-order chi connectivity index (χ0) is 19.3. The molecule has 1 amide bonds. The van der Waals surface area contributed by atoms with Gasteiger partial charge in [-0.3, -0.25) is 9.69 Å². The Hall–Kier alpha value is -1.41. The molecule has 28 heavy (non-hydrogen) atoms. The summed E-state index contributed by atoms with van der Waals surface area (Å²) in [5.41, 5.74) is 1.89. The van der Waals surface area contributed by atoms with Crippen molar-refractivity contribution in [1.82, 2.24) is 14.8 Å². The second-order valence-corrected chi connectivity index (χ2v) is 9.45. The Morgan fingerprint density at radius 1 is 1.29 bits per heavy atom. The van der Waals surface area contributed by atoms with Gasteiger partial charge in [0.05, 0.1) is 22.4 Å². The van der Waals surface area contributed by atoms with E-state index in [4.69, 9.17) is 4.74 Å². The smallest absolute Gasteiger partial charge is 0.255 e. The van der Waals surface area contributed by atoms with E-state index in [9.17, 15) is 4.79 Å². The molecule has 0 spiro atoms. The first-order chi connectivity index (χ1) is 13.7. The fraction of sp³-hybridized carbons (Fsp3) is 0.524. The van der Waals surface area contributed by atoms with E-state index in [2.05, 4.69) is 15.3 Å². The Morgan fingerprint density at radius 2 is 2.11 bits per heavy atom. The van der Waals surface area contributed by atoms with Crippen molar-refractivity contribution >= 4 is 29.0 Å². The number of aromatic nitrogens is 1. The number of hydrogen-bond acceptors (Lipinski definition) is 6. The number of benzene rings is 1. The molecular formula is C21H27N3O2S2. The van der Waals surface area contributed by atoms with Gasteiger partial charge in [-0.05, 0) is 31.9 Å². The zero-order valence-electron chi connectivity index (χ0n) is 16.3. The van der Waals surface area contributed by atoms with Gasteiger partial charge in [0.25, 0.3) is 5.91 Å². The molecule has 1 unspecified atom stereocenters. The molecule has 7 heteroatoms. The van der Waals surface area contributed by atoms with Crippen LogP contribution in [0.1, 0.15) is 33.9 Å². The molecule has 4 rings (SSSR count). The van der Waals surface area contributed by atoms with Gasteiger partial charge in [0, 0.05) is 55.4 Å². The van der Waals surface area contributed by atoms with E-state index in [1.807, 2.05) is 36.1 Å². The van der Waals surface area contributed by atoms with E-state index >= 15 is 0 Å². The summed E-state index contributed by atoms with van der Waals surface area (Å²) in [4.78, 5) is 23.1. The number of nitrogens with zero attached hydrogens (tertiary/aromatic N) is 3. The van der Waals surface area contributed by atoms with Crippen LogP contribution in [0.4, 0.5) is 0 Å². The largest absolute Gasteiger partial charge is 0.377 e. The van der Waals surface area contributed by atoms with Crippen molar-refractivity contribution in [3.63, 3.8) is 0 Å². The van der Waals surface area contributed by atoms with Crippen molar-refractivity contribution in [2.75, 3.05) is 39.3 Å². The van der Waals surface area contributed by atoms with Crippen molar-refractivity contribution in [2.45, 2.75) is 36.5 Å². The van der Waals surface area contributed by atoms with Crippen molar-refractivity contribution in [3.05, 3.63) is 45.9 Å². The van der Waals surface area contributed by atoms with Gasteiger partial charge in [0.15, 0.2) is 0 Å². The van der Waals surface area contributed by atoms with Crippen LogP contribution >= 0.6 is 23.1 Å². The summed E-state index contributed by atoms with van der Waals surface area (Å²) in [7, 11) is 0. The number of carbonyl (C=O) groups is 1. The summed E-state index contributed by atoms with van der Waals surface area (Å²) < 4.78 is 5.75. The number of carbonyl (C=O) groups excluding carboxylic acids is 1. The summed E-state index contributed by atoms with van der Waals surface area (Å²) in [6.07, 6.45) is 2.73. The highest BCUT2D eigenvalue weighted by molar-refractivity contribution is 7.98. The maximum atomic E-state index is 13.1. The molecule has 0 radical (unpaired) electrons. The van der Waals surface area contributed by atoms with Gasteiger partial charge < -0.3 is 9.64 Å². The van der Waals surface area contributed by atoms with Crippen molar-refractivity contribution in [1.29, 1.82) is 0 Å². The number of ether oxygens (including phenoxy) is 1. The Kier molecular flexibility index (Phi) is 6.67. The third kappa shape index (κ3) is 4.95.